The van der Waals surface area contributed by atoms with Crippen LogP contribution in [0.2, 0.25) is 0 Å². The summed E-state index contributed by atoms with van der Waals surface area (Å²) in [5.74, 6) is -2.01. The van der Waals surface area contributed by atoms with Gasteiger partial charge in [-0.15, -0.1) is 0 Å². The quantitative estimate of drug-likeness (QED) is 0.336. The fraction of sp³-hybridized carbons (Fsp3) is 0.619. The van der Waals surface area contributed by atoms with Crippen LogP contribution in [0.3, 0.4) is 0 Å². The number of rotatable bonds is 14. The van der Waals surface area contributed by atoms with Crippen LogP contribution in [0.1, 0.15) is 99.6 Å². The molecule has 4 nitrogen and oxygen atoms in total. The number of carbonyl (C=O) groups excluding carboxylic acids is 2. The Morgan fingerprint density at radius 3 is 2.28 bits per heavy atom. The van der Waals surface area contributed by atoms with Gasteiger partial charge in [0.1, 0.15) is 6.61 Å². The van der Waals surface area contributed by atoms with E-state index in [2.05, 4.69) is 4.74 Å². The first-order valence-corrected chi connectivity index (χ1v) is 7.53. The van der Waals surface area contributed by atoms with Crippen molar-refractivity contribution in [3.63, 3.8) is 0 Å². The van der Waals surface area contributed by atoms with Crippen molar-refractivity contribution >= 4 is 11.9 Å². The van der Waals surface area contributed by atoms with Crippen LogP contribution in [0.25, 0.3) is 0 Å². The van der Waals surface area contributed by atoms with E-state index in [9.17, 15) is 9.59 Å². The van der Waals surface area contributed by atoms with Crippen molar-refractivity contribution in [2.75, 3.05) is 6.56 Å². The minimum absolute atomic E-state index is 0.0206. The smallest absolute Gasteiger partial charge is 0.306 e. The summed E-state index contributed by atoms with van der Waals surface area (Å²) in [6.45, 7) is -7.83. The van der Waals surface area contributed by atoms with Crippen LogP contribution in [0.15, 0.2) is 30.3 Å². The van der Waals surface area contributed by atoms with Crippen molar-refractivity contribution in [2.24, 2.45) is 0 Å². The van der Waals surface area contributed by atoms with Crippen LogP contribution in [0, 0.1) is 0 Å². The summed E-state index contributed by atoms with van der Waals surface area (Å²) in [4.78, 5) is 24.1. The van der Waals surface area contributed by atoms with Crippen LogP contribution in [0.5, 0.6) is 0 Å². The van der Waals surface area contributed by atoms with Gasteiger partial charge in [-0.05, 0) is 24.8 Å². The fourth-order valence-corrected chi connectivity index (χ4v) is 1.63. The summed E-state index contributed by atoms with van der Waals surface area (Å²) in [7, 11) is 0. The molecule has 0 unspecified atom stereocenters. The maximum Gasteiger partial charge on any atom is 0.306 e. The maximum absolute atomic E-state index is 12.2. The van der Waals surface area contributed by atoms with Gasteiger partial charge in [-0.25, -0.2) is 0 Å². The third kappa shape index (κ3) is 12.2. The van der Waals surface area contributed by atoms with Crippen molar-refractivity contribution in [3.8, 4) is 0 Å². The van der Waals surface area contributed by atoms with Crippen molar-refractivity contribution in [3.05, 3.63) is 35.9 Å². The van der Waals surface area contributed by atoms with Gasteiger partial charge in [-0.2, -0.15) is 0 Å². The molecule has 0 saturated heterocycles. The summed E-state index contributed by atoms with van der Waals surface area (Å²) in [6, 6.07) is 8.77. The largest absolute Gasteiger partial charge is 0.466 e. The number of ether oxygens (including phenoxy) is 2. The molecule has 0 spiro atoms. The van der Waals surface area contributed by atoms with E-state index in [0.717, 1.165) is 5.56 Å². The Labute approximate surface area is 175 Å². The Hall–Kier alpha value is -1.84. The highest BCUT2D eigenvalue weighted by molar-refractivity contribution is 5.70. The highest BCUT2D eigenvalue weighted by Gasteiger charge is 2.06. The van der Waals surface area contributed by atoms with E-state index < -0.39 is 70.0 Å². The lowest BCUT2D eigenvalue weighted by molar-refractivity contribution is -0.146. The molecule has 0 aliphatic carbocycles. The molecular formula is C21H32O4. The van der Waals surface area contributed by atoms with Crippen molar-refractivity contribution in [1.82, 2.24) is 0 Å². The van der Waals surface area contributed by atoms with Crippen LogP contribution >= 0.6 is 0 Å². The third-order valence-corrected chi connectivity index (χ3v) is 2.78. The summed E-state index contributed by atoms with van der Waals surface area (Å²) in [6.07, 6.45) is -26.7. The second-order valence-electron chi connectivity index (χ2n) is 4.68. The monoisotopic (exact) mass is 365 g/mol. The second-order valence-corrected chi connectivity index (χ2v) is 4.68. The number of unbranched alkanes of at least 4 members (excludes halogenated alkanes) is 1. The molecule has 1 aromatic carbocycles. The lowest BCUT2D eigenvalue weighted by atomic mass is 10.1. The van der Waals surface area contributed by atoms with Gasteiger partial charge < -0.3 is 9.47 Å². The van der Waals surface area contributed by atoms with Gasteiger partial charge in [0.05, 0.1) is 9.30 Å². The maximum atomic E-state index is 12.2. The normalized spacial score (nSPS) is 25.0. The standard InChI is InChI=1S/C21H32O4/c1-2-3-4-5-6-12-17-24-20(22)15-10-11-16-21(23)25-18-19-13-8-7-9-14-19/h7-9,13-14H,2-6,10-12,15-18H2,1H3/i1D3,2D2,3D2,4D2,5D2,6D2,12D2,17D2. The average molecular weight is 366 g/mol. The Balaban J connectivity index is 2.97. The van der Waals surface area contributed by atoms with E-state index in [4.69, 9.17) is 28.0 Å². The van der Waals surface area contributed by atoms with Crippen molar-refractivity contribution in [2.45, 2.75) is 77.4 Å². The average Bonchev–Trinajstić information content (AvgIpc) is 2.84. The number of carbonyl (C=O) groups is 2. The zero-order valence-corrected chi connectivity index (χ0v) is 13.6. The molecule has 0 atom stereocenters. The lowest BCUT2D eigenvalue weighted by Gasteiger charge is -2.06. The minimum Gasteiger partial charge on any atom is -0.466 e. The number of hydrogen-bond acceptors (Lipinski definition) is 4. The van der Waals surface area contributed by atoms with Gasteiger partial charge in [-0.1, -0.05) is 69.0 Å². The first-order chi connectivity index (χ1) is 18.6. The molecule has 0 heterocycles. The molecule has 0 amide bonds. The van der Waals surface area contributed by atoms with Crippen LogP contribution in [-0.4, -0.2) is 18.5 Å². The molecule has 25 heavy (non-hydrogen) atoms. The molecule has 0 bridgehead atoms. The second kappa shape index (κ2) is 14.5. The Morgan fingerprint density at radius 1 is 0.920 bits per heavy atom. The van der Waals surface area contributed by atoms with Gasteiger partial charge in [0, 0.05) is 33.4 Å². The fourth-order valence-electron chi connectivity index (χ4n) is 1.63. The zero-order chi connectivity index (χ0) is 33.2. The van der Waals surface area contributed by atoms with Crippen LogP contribution < -0.4 is 0 Å². The van der Waals surface area contributed by atoms with Crippen molar-refractivity contribution in [1.29, 1.82) is 0 Å². The zero-order valence-electron chi connectivity index (χ0n) is 30.6. The molecule has 0 aromatic heterocycles. The molecule has 0 aliphatic heterocycles. The van der Waals surface area contributed by atoms with E-state index in [1.807, 2.05) is 0 Å². The minimum atomic E-state index is -4.45. The highest BCUT2D eigenvalue weighted by Crippen LogP contribution is 2.07. The molecule has 4 heteroatoms. The van der Waals surface area contributed by atoms with Crippen molar-refractivity contribution < 1.29 is 42.4 Å². The first kappa shape index (κ1) is 7.05. The molecule has 0 aliphatic rings. The Morgan fingerprint density at radius 2 is 1.56 bits per heavy atom. The van der Waals surface area contributed by atoms with E-state index in [-0.39, 0.29) is 25.9 Å². The lowest BCUT2D eigenvalue weighted by Crippen LogP contribution is -2.07. The Bertz CT molecular complexity index is 1080. The number of esters is 2. The molecule has 0 radical (unpaired) electrons. The van der Waals surface area contributed by atoms with Gasteiger partial charge >= 0.3 is 11.9 Å². The number of hydrogen-bond donors (Lipinski definition) is 0. The van der Waals surface area contributed by atoms with E-state index >= 15 is 0 Å². The van der Waals surface area contributed by atoms with Crippen LogP contribution in [0.4, 0.5) is 0 Å². The van der Waals surface area contributed by atoms with Gasteiger partial charge in [0.2, 0.25) is 0 Å². The molecule has 140 valence electrons. The SMILES string of the molecule is [2H]C([2H])([2H])C([2H])([2H])C([2H])([2H])C([2H])([2H])C([2H])([2H])C([2H])([2H])C([2H])([2H])C([2H])([2H])OC(=O)CCCCC(=O)OCc1ccccc1. The van der Waals surface area contributed by atoms with E-state index in [1.54, 1.807) is 30.3 Å². The molecule has 0 N–H and O–H groups in total. The Kier molecular flexibility index (Phi) is 4.09. The van der Waals surface area contributed by atoms with Gasteiger partial charge in [-0.3, -0.25) is 9.59 Å². The predicted molar refractivity (Wildman–Crippen MR) is 99.0 cm³/mol. The molecular weight excluding hydrogens is 316 g/mol. The first-order valence-electron chi connectivity index (χ1n) is 16.0. The summed E-state index contributed by atoms with van der Waals surface area (Å²) >= 11 is 0. The topological polar surface area (TPSA) is 52.6 Å². The summed E-state index contributed by atoms with van der Waals surface area (Å²) in [5, 5.41) is 0. The van der Waals surface area contributed by atoms with Gasteiger partial charge in [0.25, 0.3) is 0 Å². The molecule has 1 rings (SSSR count). The van der Waals surface area contributed by atoms with E-state index in [0.29, 0.717) is 0 Å². The summed E-state index contributed by atoms with van der Waals surface area (Å²) < 4.78 is 141. The molecule has 1 aromatic rings. The van der Waals surface area contributed by atoms with Gasteiger partial charge in [0.15, 0.2) is 0 Å². The number of benzene rings is 1. The highest BCUT2D eigenvalue weighted by atomic mass is 16.5. The van der Waals surface area contributed by atoms with E-state index in [1.165, 1.54) is 0 Å². The predicted octanol–water partition coefficient (Wildman–Crippen LogP) is 5.19. The molecule has 0 saturated carbocycles. The summed E-state index contributed by atoms with van der Waals surface area (Å²) in [5.41, 5.74) is 0.746. The molecule has 0 fully saturated rings. The third-order valence-electron chi connectivity index (χ3n) is 2.78. The van der Waals surface area contributed by atoms with Crippen LogP contribution in [-0.2, 0) is 25.7 Å².